The normalized spacial score (nSPS) is 12.0. The van der Waals surface area contributed by atoms with Crippen LogP contribution >= 0.6 is 0 Å². The Morgan fingerprint density at radius 2 is 2.05 bits per heavy atom. The first-order valence-electron chi connectivity index (χ1n) is 6.86. The monoisotopic (exact) mass is 264 g/mol. The van der Waals surface area contributed by atoms with Gasteiger partial charge in [0.15, 0.2) is 5.69 Å². The predicted octanol–water partition coefficient (Wildman–Crippen LogP) is 2.56. The molecular weight excluding hydrogens is 240 g/mol. The molecule has 0 aliphatic heterocycles. The molecule has 0 aromatic carbocycles. The molecule has 5 heteroatoms. The van der Waals surface area contributed by atoms with E-state index in [9.17, 15) is 4.79 Å². The highest BCUT2D eigenvalue weighted by Gasteiger charge is 2.10. The van der Waals surface area contributed by atoms with E-state index in [-0.39, 0.29) is 5.91 Å². The van der Waals surface area contributed by atoms with Crippen molar-refractivity contribution in [1.82, 2.24) is 15.1 Å². The summed E-state index contributed by atoms with van der Waals surface area (Å²) in [6, 6.07) is 3.88. The molecule has 1 amide bonds. The molecule has 5 nitrogen and oxygen atoms in total. The average molecular weight is 264 g/mol. The van der Waals surface area contributed by atoms with Gasteiger partial charge in [-0.25, -0.2) is 0 Å². The van der Waals surface area contributed by atoms with Crippen molar-refractivity contribution in [1.29, 1.82) is 0 Å². The molecule has 0 saturated carbocycles. The lowest BCUT2D eigenvalue weighted by atomic mass is 10.1. The van der Waals surface area contributed by atoms with Crippen molar-refractivity contribution in [3.05, 3.63) is 17.8 Å². The van der Waals surface area contributed by atoms with Crippen LogP contribution in [-0.2, 0) is 0 Å². The van der Waals surface area contributed by atoms with Gasteiger partial charge in [0, 0.05) is 20.1 Å². The summed E-state index contributed by atoms with van der Waals surface area (Å²) in [5, 5.41) is 11.3. The largest absolute Gasteiger partial charge is 0.366 e. The Hall–Kier alpha value is -1.65. The highest BCUT2D eigenvalue weighted by molar-refractivity contribution is 5.91. The quantitative estimate of drug-likeness (QED) is 0.769. The second kappa shape index (κ2) is 7.71. The molecule has 1 unspecified atom stereocenters. The minimum Gasteiger partial charge on any atom is -0.366 e. The number of nitrogens with zero attached hydrogens (tertiary/aromatic N) is 3. The Labute approximate surface area is 115 Å². The molecule has 0 spiro atoms. The van der Waals surface area contributed by atoms with E-state index >= 15 is 0 Å². The molecule has 106 valence electrons. The maximum absolute atomic E-state index is 11.7. The Kier molecular flexibility index (Phi) is 6.25. The third-order valence-corrected chi connectivity index (χ3v) is 2.92. The number of carbonyl (C=O) groups excluding carboxylic acids is 1. The molecule has 0 saturated heterocycles. The van der Waals surface area contributed by atoms with Crippen LogP contribution in [0.25, 0.3) is 0 Å². The van der Waals surface area contributed by atoms with Gasteiger partial charge < -0.3 is 10.2 Å². The van der Waals surface area contributed by atoms with Gasteiger partial charge in [0.05, 0.1) is 0 Å². The van der Waals surface area contributed by atoms with Gasteiger partial charge in [-0.15, -0.1) is 10.2 Å². The molecule has 1 heterocycles. The highest BCUT2D eigenvalue weighted by atomic mass is 16.2. The maximum Gasteiger partial charge on any atom is 0.273 e. The van der Waals surface area contributed by atoms with Gasteiger partial charge in [-0.3, -0.25) is 4.79 Å². The topological polar surface area (TPSA) is 58.1 Å². The van der Waals surface area contributed by atoms with Crippen molar-refractivity contribution in [2.45, 2.75) is 45.6 Å². The molecule has 0 fully saturated rings. The fraction of sp³-hybridized carbons (Fsp3) is 0.643. The van der Waals surface area contributed by atoms with Crippen molar-refractivity contribution in [3.8, 4) is 0 Å². The first-order valence-corrected chi connectivity index (χ1v) is 6.86. The van der Waals surface area contributed by atoms with E-state index in [2.05, 4.69) is 29.4 Å². The summed E-state index contributed by atoms with van der Waals surface area (Å²) < 4.78 is 0. The van der Waals surface area contributed by atoms with Crippen LogP contribution in [0, 0.1) is 0 Å². The zero-order valence-electron chi connectivity index (χ0n) is 12.3. The van der Waals surface area contributed by atoms with Crippen molar-refractivity contribution < 1.29 is 4.79 Å². The Balaban J connectivity index is 2.50. The first-order chi connectivity index (χ1) is 9.04. The van der Waals surface area contributed by atoms with Crippen LogP contribution in [0.3, 0.4) is 0 Å². The predicted molar refractivity (Wildman–Crippen MR) is 77.3 cm³/mol. The number of amides is 1. The zero-order valence-corrected chi connectivity index (χ0v) is 12.3. The smallest absolute Gasteiger partial charge is 0.273 e. The van der Waals surface area contributed by atoms with Crippen molar-refractivity contribution >= 4 is 11.7 Å². The fourth-order valence-corrected chi connectivity index (χ4v) is 1.78. The van der Waals surface area contributed by atoms with Crippen LogP contribution in [0.2, 0.25) is 0 Å². The lowest BCUT2D eigenvalue weighted by molar-refractivity contribution is 0.0821. The maximum atomic E-state index is 11.7. The van der Waals surface area contributed by atoms with Gasteiger partial charge in [0.2, 0.25) is 0 Å². The van der Waals surface area contributed by atoms with Crippen molar-refractivity contribution in [2.24, 2.45) is 0 Å². The summed E-state index contributed by atoms with van der Waals surface area (Å²) in [6.07, 6.45) is 4.82. The number of rotatable bonds is 7. The molecule has 0 aliphatic carbocycles. The van der Waals surface area contributed by atoms with E-state index in [0.29, 0.717) is 11.7 Å². The minimum absolute atomic E-state index is 0.130. The van der Waals surface area contributed by atoms with Gasteiger partial charge in [-0.05, 0) is 25.5 Å². The highest BCUT2D eigenvalue weighted by Crippen LogP contribution is 2.09. The molecule has 0 bridgehead atoms. The van der Waals surface area contributed by atoms with Crippen LogP contribution in [0.5, 0.6) is 0 Å². The van der Waals surface area contributed by atoms with E-state index in [0.717, 1.165) is 12.2 Å². The number of anilines is 1. The van der Waals surface area contributed by atoms with E-state index in [1.165, 1.54) is 24.2 Å². The first kappa shape index (κ1) is 15.4. The molecule has 1 aromatic heterocycles. The summed E-state index contributed by atoms with van der Waals surface area (Å²) in [5.74, 6) is 0.592. The van der Waals surface area contributed by atoms with Crippen molar-refractivity contribution in [2.75, 3.05) is 19.4 Å². The second-order valence-electron chi connectivity index (χ2n) is 5.04. The second-order valence-corrected chi connectivity index (χ2v) is 5.04. The number of nitrogens with one attached hydrogen (secondary N) is 1. The molecule has 1 atom stereocenters. The Morgan fingerprint density at radius 3 is 2.58 bits per heavy atom. The molecular formula is C14H24N4O. The fourth-order valence-electron chi connectivity index (χ4n) is 1.78. The van der Waals surface area contributed by atoms with Crippen LogP contribution in [0.1, 0.15) is 50.0 Å². The number of aromatic nitrogens is 2. The molecule has 0 aliphatic rings. The molecule has 0 radical (unpaired) electrons. The van der Waals surface area contributed by atoms with Crippen molar-refractivity contribution in [3.63, 3.8) is 0 Å². The number of unbranched alkanes of at least 4 members (excludes halogenated alkanes) is 2. The zero-order chi connectivity index (χ0) is 14.3. The lowest BCUT2D eigenvalue weighted by Crippen LogP contribution is -2.23. The minimum atomic E-state index is -0.130. The van der Waals surface area contributed by atoms with Crippen LogP contribution < -0.4 is 5.32 Å². The summed E-state index contributed by atoms with van der Waals surface area (Å²) in [4.78, 5) is 13.1. The van der Waals surface area contributed by atoms with Gasteiger partial charge in [0.1, 0.15) is 5.82 Å². The SMILES string of the molecule is CCCCCC(C)Nc1ccc(C(=O)N(C)C)nn1. The average Bonchev–Trinajstić information content (AvgIpc) is 2.39. The van der Waals surface area contributed by atoms with E-state index in [1.54, 1.807) is 26.2 Å². The molecule has 1 rings (SSSR count). The number of carbonyl (C=O) groups is 1. The molecule has 19 heavy (non-hydrogen) atoms. The number of hydrogen-bond acceptors (Lipinski definition) is 4. The van der Waals surface area contributed by atoms with Crippen LogP contribution in [-0.4, -0.2) is 41.1 Å². The Morgan fingerprint density at radius 1 is 1.32 bits per heavy atom. The van der Waals surface area contributed by atoms with E-state index in [1.807, 2.05) is 0 Å². The van der Waals surface area contributed by atoms with Gasteiger partial charge in [-0.1, -0.05) is 26.2 Å². The Bertz CT molecular complexity index is 389. The third-order valence-electron chi connectivity index (χ3n) is 2.92. The molecule has 1 aromatic rings. The van der Waals surface area contributed by atoms with Gasteiger partial charge in [-0.2, -0.15) is 0 Å². The molecule has 1 N–H and O–H groups in total. The van der Waals surface area contributed by atoms with Crippen LogP contribution in [0.15, 0.2) is 12.1 Å². The summed E-state index contributed by atoms with van der Waals surface area (Å²) in [5.41, 5.74) is 0.370. The van der Waals surface area contributed by atoms with E-state index in [4.69, 9.17) is 0 Å². The van der Waals surface area contributed by atoms with E-state index < -0.39 is 0 Å². The van der Waals surface area contributed by atoms with Crippen LogP contribution in [0.4, 0.5) is 5.82 Å². The summed E-state index contributed by atoms with van der Waals surface area (Å²) in [7, 11) is 3.40. The third kappa shape index (κ3) is 5.24. The summed E-state index contributed by atoms with van der Waals surface area (Å²) in [6.45, 7) is 4.33. The number of hydrogen-bond donors (Lipinski definition) is 1. The summed E-state index contributed by atoms with van der Waals surface area (Å²) >= 11 is 0. The standard InChI is InChI=1S/C14H24N4O/c1-5-6-7-8-11(2)15-13-10-9-12(16-17-13)14(19)18(3)4/h9-11H,5-8H2,1-4H3,(H,15,17). The van der Waals surface area contributed by atoms with Gasteiger partial charge >= 0.3 is 0 Å². The van der Waals surface area contributed by atoms with Gasteiger partial charge in [0.25, 0.3) is 5.91 Å². The lowest BCUT2D eigenvalue weighted by Gasteiger charge is -2.14.